The minimum atomic E-state index is -0.603. The van der Waals surface area contributed by atoms with Crippen LogP contribution in [0, 0.1) is 28.4 Å². The van der Waals surface area contributed by atoms with Gasteiger partial charge in [0.2, 0.25) is 11.0 Å². The highest BCUT2D eigenvalue weighted by Crippen LogP contribution is 2.30. The summed E-state index contributed by atoms with van der Waals surface area (Å²) in [4.78, 5) is 26.3. The summed E-state index contributed by atoms with van der Waals surface area (Å²) in [5.74, 6) is -0.401. The third-order valence-corrected chi connectivity index (χ3v) is 4.23. The molecule has 2 heterocycles. The number of pyridine rings is 1. The van der Waals surface area contributed by atoms with Gasteiger partial charge in [-0.2, -0.15) is 5.26 Å². The van der Waals surface area contributed by atoms with Crippen LogP contribution in [-0.2, 0) is 6.54 Å². The van der Waals surface area contributed by atoms with Crippen molar-refractivity contribution in [2.45, 2.75) is 33.2 Å². The zero-order valence-electron chi connectivity index (χ0n) is 13.5. The second-order valence-corrected chi connectivity index (χ2v) is 6.02. The summed E-state index contributed by atoms with van der Waals surface area (Å²) >= 11 is 0.709. The molecule has 0 fully saturated rings. The Morgan fingerprint density at radius 3 is 2.80 bits per heavy atom. The van der Waals surface area contributed by atoms with Crippen LogP contribution >= 0.6 is 11.3 Å². The SMILES string of the molecule is CCCCn1c(O)c(C#N)c(C)c(N=Nc2ncc([N+](=O)[O-])s2)c1=O. The predicted octanol–water partition coefficient (Wildman–Crippen LogP) is 3.31. The van der Waals surface area contributed by atoms with Crippen LogP contribution in [0.5, 0.6) is 5.88 Å². The minimum Gasteiger partial charge on any atom is -0.493 e. The summed E-state index contributed by atoms with van der Waals surface area (Å²) in [6.45, 7) is 3.64. The van der Waals surface area contributed by atoms with E-state index in [1.807, 2.05) is 13.0 Å². The monoisotopic (exact) mass is 362 g/mol. The first kappa shape index (κ1) is 18.2. The van der Waals surface area contributed by atoms with Crippen molar-refractivity contribution in [3.05, 3.63) is 37.8 Å². The molecule has 130 valence electrons. The average molecular weight is 362 g/mol. The van der Waals surface area contributed by atoms with Crippen LogP contribution in [-0.4, -0.2) is 19.6 Å². The van der Waals surface area contributed by atoms with Crippen LogP contribution in [0.15, 0.2) is 21.2 Å². The lowest BCUT2D eigenvalue weighted by Crippen LogP contribution is -2.22. The zero-order valence-corrected chi connectivity index (χ0v) is 14.3. The van der Waals surface area contributed by atoms with E-state index in [9.17, 15) is 25.3 Å². The fourth-order valence-corrected chi connectivity index (χ4v) is 2.61. The van der Waals surface area contributed by atoms with Crippen molar-refractivity contribution < 1.29 is 10.0 Å². The number of hydrogen-bond acceptors (Lipinski definition) is 9. The van der Waals surface area contributed by atoms with Crippen LogP contribution in [0.4, 0.5) is 15.8 Å². The van der Waals surface area contributed by atoms with Gasteiger partial charge in [-0.3, -0.25) is 19.5 Å². The maximum Gasteiger partial charge on any atom is 0.345 e. The Morgan fingerprint density at radius 1 is 1.52 bits per heavy atom. The lowest BCUT2D eigenvalue weighted by Gasteiger charge is -2.12. The number of rotatable bonds is 6. The molecular weight excluding hydrogens is 348 g/mol. The Labute approximate surface area is 145 Å². The van der Waals surface area contributed by atoms with E-state index in [-0.39, 0.29) is 33.5 Å². The van der Waals surface area contributed by atoms with Gasteiger partial charge >= 0.3 is 5.00 Å². The molecule has 0 bridgehead atoms. The van der Waals surface area contributed by atoms with Crippen LogP contribution in [0.3, 0.4) is 0 Å². The molecule has 11 heteroatoms. The number of aromatic nitrogens is 2. The first-order chi connectivity index (χ1) is 11.9. The molecule has 0 saturated carbocycles. The number of unbranched alkanes of at least 4 members (excludes halogenated alkanes) is 1. The standard InChI is InChI=1S/C14H14N6O4S/c1-3-4-5-19-12(21)9(6-15)8(2)11(13(19)22)17-18-14-16-7-10(25-14)20(23)24/h7,21H,3-5H2,1-2H3. The average Bonchev–Trinajstić information content (AvgIpc) is 3.04. The van der Waals surface area contributed by atoms with Crippen molar-refractivity contribution in [3.8, 4) is 11.9 Å². The Kier molecular flexibility index (Phi) is 5.56. The second-order valence-electron chi connectivity index (χ2n) is 5.03. The lowest BCUT2D eigenvalue weighted by atomic mass is 10.1. The maximum absolute atomic E-state index is 12.5. The molecule has 2 aromatic rings. The fourth-order valence-electron chi connectivity index (χ4n) is 2.06. The van der Waals surface area contributed by atoms with Gasteiger partial charge in [-0.15, -0.1) is 10.2 Å². The molecule has 0 spiro atoms. The smallest absolute Gasteiger partial charge is 0.345 e. The van der Waals surface area contributed by atoms with E-state index in [0.717, 1.165) is 17.2 Å². The highest BCUT2D eigenvalue weighted by Gasteiger charge is 2.19. The summed E-state index contributed by atoms with van der Waals surface area (Å²) in [5, 5.41) is 37.4. The number of azo groups is 1. The van der Waals surface area contributed by atoms with Gasteiger partial charge in [-0.1, -0.05) is 13.3 Å². The Hall–Kier alpha value is -3.13. The van der Waals surface area contributed by atoms with Gasteiger partial charge in [-0.25, -0.2) is 4.98 Å². The van der Waals surface area contributed by atoms with Crippen LogP contribution < -0.4 is 5.56 Å². The molecule has 0 aliphatic carbocycles. The molecule has 2 rings (SSSR count). The number of nitrogens with zero attached hydrogens (tertiary/aromatic N) is 6. The molecule has 25 heavy (non-hydrogen) atoms. The number of nitro groups is 1. The van der Waals surface area contributed by atoms with Crippen molar-refractivity contribution >= 4 is 27.2 Å². The number of thiazole rings is 1. The van der Waals surface area contributed by atoms with E-state index in [1.54, 1.807) is 0 Å². The normalized spacial score (nSPS) is 10.9. The van der Waals surface area contributed by atoms with E-state index in [1.165, 1.54) is 6.92 Å². The molecule has 0 aliphatic heterocycles. The maximum atomic E-state index is 12.5. The lowest BCUT2D eigenvalue weighted by molar-refractivity contribution is -0.380. The van der Waals surface area contributed by atoms with E-state index in [0.29, 0.717) is 17.8 Å². The molecule has 0 amide bonds. The van der Waals surface area contributed by atoms with Gasteiger partial charge in [0.25, 0.3) is 5.56 Å². The van der Waals surface area contributed by atoms with Crippen molar-refractivity contribution in [1.29, 1.82) is 5.26 Å². The highest BCUT2D eigenvalue weighted by molar-refractivity contribution is 7.18. The minimum absolute atomic E-state index is 0.0113. The third-order valence-electron chi connectivity index (χ3n) is 3.40. The number of aromatic hydroxyl groups is 1. The highest BCUT2D eigenvalue weighted by atomic mass is 32.1. The Morgan fingerprint density at radius 2 is 2.24 bits per heavy atom. The van der Waals surface area contributed by atoms with Crippen molar-refractivity contribution in [1.82, 2.24) is 9.55 Å². The molecule has 0 saturated heterocycles. The van der Waals surface area contributed by atoms with E-state index in [2.05, 4.69) is 15.2 Å². The molecule has 2 aromatic heterocycles. The van der Waals surface area contributed by atoms with Gasteiger partial charge in [0.05, 0.1) is 4.92 Å². The summed E-state index contributed by atoms with van der Waals surface area (Å²) in [6.07, 6.45) is 2.47. The van der Waals surface area contributed by atoms with Gasteiger partial charge in [0.1, 0.15) is 17.8 Å². The van der Waals surface area contributed by atoms with Gasteiger partial charge in [0, 0.05) is 12.1 Å². The Balaban J connectivity index is 2.52. The molecule has 0 unspecified atom stereocenters. The number of nitriles is 1. The summed E-state index contributed by atoms with van der Waals surface area (Å²) in [7, 11) is 0. The predicted molar refractivity (Wildman–Crippen MR) is 89.7 cm³/mol. The van der Waals surface area contributed by atoms with E-state index in [4.69, 9.17) is 0 Å². The first-order valence-electron chi connectivity index (χ1n) is 7.29. The van der Waals surface area contributed by atoms with E-state index < -0.39 is 16.4 Å². The molecule has 0 atom stereocenters. The third kappa shape index (κ3) is 3.69. The largest absolute Gasteiger partial charge is 0.493 e. The van der Waals surface area contributed by atoms with Crippen molar-refractivity contribution in [3.63, 3.8) is 0 Å². The molecule has 0 aliphatic rings. The summed E-state index contributed by atoms with van der Waals surface area (Å²) in [5.41, 5.74) is -0.567. The molecule has 0 radical (unpaired) electrons. The summed E-state index contributed by atoms with van der Waals surface area (Å²) < 4.78 is 1.08. The van der Waals surface area contributed by atoms with E-state index >= 15 is 0 Å². The van der Waals surface area contributed by atoms with Crippen LogP contribution in [0.25, 0.3) is 0 Å². The number of hydrogen-bond donors (Lipinski definition) is 1. The molecule has 0 aromatic carbocycles. The van der Waals surface area contributed by atoms with Crippen LogP contribution in [0.2, 0.25) is 0 Å². The van der Waals surface area contributed by atoms with Crippen LogP contribution in [0.1, 0.15) is 30.9 Å². The molecular formula is C14H14N6O4S. The van der Waals surface area contributed by atoms with Crippen molar-refractivity contribution in [2.75, 3.05) is 0 Å². The fraction of sp³-hybridized carbons (Fsp3) is 0.357. The summed E-state index contributed by atoms with van der Waals surface area (Å²) in [6, 6.07) is 1.85. The quantitative estimate of drug-likeness (QED) is 0.473. The second kappa shape index (κ2) is 7.63. The first-order valence-corrected chi connectivity index (χ1v) is 8.10. The molecule has 10 nitrogen and oxygen atoms in total. The van der Waals surface area contributed by atoms with Gasteiger partial charge in [0.15, 0.2) is 5.69 Å². The zero-order chi connectivity index (χ0) is 18.6. The van der Waals surface area contributed by atoms with Gasteiger partial charge < -0.3 is 5.11 Å². The van der Waals surface area contributed by atoms with Gasteiger partial charge in [-0.05, 0) is 24.7 Å². The topological polar surface area (TPSA) is 147 Å². The van der Waals surface area contributed by atoms with Crippen molar-refractivity contribution in [2.24, 2.45) is 10.2 Å². The Bertz CT molecular complexity index is 940. The molecule has 1 N–H and O–H groups in total.